The second kappa shape index (κ2) is 6.43. The lowest BCUT2D eigenvalue weighted by Gasteiger charge is -2.08. The topological polar surface area (TPSA) is 75.4 Å². The lowest BCUT2D eigenvalue weighted by molar-refractivity contribution is -0.117. The van der Waals surface area contributed by atoms with Crippen LogP contribution in [-0.4, -0.2) is 11.0 Å². The highest BCUT2D eigenvalue weighted by molar-refractivity contribution is 9.10. The molecule has 0 spiro atoms. The van der Waals surface area contributed by atoms with E-state index in [2.05, 4.69) is 21.2 Å². The van der Waals surface area contributed by atoms with Crippen molar-refractivity contribution in [3.63, 3.8) is 0 Å². The Morgan fingerprint density at radius 2 is 1.80 bits per heavy atom. The van der Waals surface area contributed by atoms with E-state index in [0.29, 0.717) is 11.0 Å². The van der Waals surface area contributed by atoms with Crippen molar-refractivity contribution in [2.24, 2.45) is 5.73 Å². The summed E-state index contributed by atoms with van der Waals surface area (Å²) in [6.07, 6.45) is 0.255. The summed E-state index contributed by atoms with van der Waals surface area (Å²) in [4.78, 5) is 10.8. The maximum absolute atomic E-state index is 10.8. The molecular formula is C15H15BrN2O2. The average Bonchev–Trinajstić information content (AvgIpc) is 2.41. The van der Waals surface area contributed by atoms with Crippen LogP contribution in [0.5, 0.6) is 5.75 Å². The molecule has 1 amide bonds. The van der Waals surface area contributed by atoms with Crippen LogP contribution < -0.4 is 11.1 Å². The summed E-state index contributed by atoms with van der Waals surface area (Å²) in [7, 11) is 0. The summed E-state index contributed by atoms with van der Waals surface area (Å²) in [6.45, 7) is 0.647. The minimum atomic E-state index is -0.334. The first-order valence-corrected chi connectivity index (χ1v) is 6.92. The van der Waals surface area contributed by atoms with Crippen molar-refractivity contribution in [2.45, 2.75) is 13.0 Å². The SMILES string of the molecule is NC(=O)Cc1ccc(NCc2ccc(O)c(Br)c2)cc1. The first kappa shape index (κ1) is 14.4. The first-order valence-electron chi connectivity index (χ1n) is 6.13. The summed E-state index contributed by atoms with van der Waals surface area (Å²) < 4.78 is 0.675. The third-order valence-corrected chi connectivity index (χ3v) is 3.48. The largest absolute Gasteiger partial charge is 0.507 e. The second-order valence-electron chi connectivity index (χ2n) is 4.48. The van der Waals surface area contributed by atoms with Crippen LogP contribution in [0.2, 0.25) is 0 Å². The number of hydrogen-bond donors (Lipinski definition) is 3. The van der Waals surface area contributed by atoms with Crippen LogP contribution in [0, 0.1) is 0 Å². The molecule has 0 aliphatic rings. The molecule has 0 fully saturated rings. The highest BCUT2D eigenvalue weighted by Gasteiger charge is 2.01. The van der Waals surface area contributed by atoms with Gasteiger partial charge >= 0.3 is 0 Å². The molecule has 5 heteroatoms. The number of hydrogen-bond acceptors (Lipinski definition) is 3. The van der Waals surface area contributed by atoms with Gasteiger partial charge in [-0.1, -0.05) is 18.2 Å². The van der Waals surface area contributed by atoms with Crippen LogP contribution in [0.4, 0.5) is 5.69 Å². The van der Waals surface area contributed by atoms with E-state index in [1.54, 1.807) is 6.07 Å². The van der Waals surface area contributed by atoms with Crippen LogP contribution in [-0.2, 0) is 17.8 Å². The van der Waals surface area contributed by atoms with Gasteiger partial charge in [0.25, 0.3) is 0 Å². The Morgan fingerprint density at radius 1 is 1.15 bits per heavy atom. The normalized spacial score (nSPS) is 10.2. The highest BCUT2D eigenvalue weighted by Crippen LogP contribution is 2.24. The maximum Gasteiger partial charge on any atom is 0.221 e. The number of amides is 1. The average molecular weight is 335 g/mol. The van der Waals surface area contributed by atoms with Gasteiger partial charge in [0, 0.05) is 12.2 Å². The molecule has 4 N–H and O–H groups in total. The molecule has 0 bridgehead atoms. The number of rotatable bonds is 5. The molecule has 2 aromatic carbocycles. The number of nitrogens with two attached hydrogens (primary N) is 1. The Hall–Kier alpha value is -2.01. The minimum absolute atomic E-state index is 0.226. The van der Waals surface area contributed by atoms with Gasteiger partial charge in [0.05, 0.1) is 10.9 Å². The van der Waals surface area contributed by atoms with Crippen molar-refractivity contribution in [3.05, 3.63) is 58.1 Å². The lowest BCUT2D eigenvalue weighted by Crippen LogP contribution is -2.13. The zero-order valence-corrected chi connectivity index (χ0v) is 12.4. The predicted octanol–water partition coefficient (Wildman–Crippen LogP) is 2.79. The number of anilines is 1. The molecule has 0 radical (unpaired) electrons. The molecule has 0 aliphatic carbocycles. The summed E-state index contributed by atoms with van der Waals surface area (Å²) in [5, 5.41) is 12.7. The van der Waals surface area contributed by atoms with Gasteiger partial charge < -0.3 is 16.2 Å². The van der Waals surface area contributed by atoms with Gasteiger partial charge in [-0.05, 0) is 51.3 Å². The van der Waals surface area contributed by atoms with Gasteiger partial charge in [-0.15, -0.1) is 0 Å². The molecule has 0 aliphatic heterocycles. The molecule has 0 saturated carbocycles. The Balaban J connectivity index is 1.96. The number of primary amides is 1. The summed E-state index contributed by atoms with van der Waals surface area (Å²) >= 11 is 3.28. The van der Waals surface area contributed by atoms with E-state index in [0.717, 1.165) is 16.8 Å². The van der Waals surface area contributed by atoms with E-state index in [9.17, 15) is 9.90 Å². The number of carbonyl (C=O) groups is 1. The second-order valence-corrected chi connectivity index (χ2v) is 5.33. The quantitative estimate of drug-likeness (QED) is 0.786. The zero-order chi connectivity index (χ0) is 14.5. The summed E-state index contributed by atoms with van der Waals surface area (Å²) in [5.41, 5.74) is 8.05. The number of carbonyl (C=O) groups excluding carboxylic acids is 1. The van der Waals surface area contributed by atoms with Crippen molar-refractivity contribution in [3.8, 4) is 5.75 Å². The highest BCUT2D eigenvalue weighted by atomic mass is 79.9. The van der Waals surface area contributed by atoms with Crippen LogP contribution in [0.25, 0.3) is 0 Å². The Morgan fingerprint density at radius 3 is 2.40 bits per heavy atom. The van der Waals surface area contributed by atoms with E-state index in [1.165, 1.54) is 0 Å². The van der Waals surface area contributed by atoms with Crippen LogP contribution in [0.15, 0.2) is 46.9 Å². The van der Waals surface area contributed by atoms with Gasteiger partial charge in [0.1, 0.15) is 5.75 Å². The zero-order valence-electron chi connectivity index (χ0n) is 10.8. The smallest absolute Gasteiger partial charge is 0.221 e. The Labute approximate surface area is 125 Å². The van der Waals surface area contributed by atoms with E-state index >= 15 is 0 Å². The van der Waals surface area contributed by atoms with Gasteiger partial charge in [0.15, 0.2) is 0 Å². The molecule has 0 unspecified atom stereocenters. The van der Waals surface area contributed by atoms with Crippen LogP contribution in [0.1, 0.15) is 11.1 Å². The van der Waals surface area contributed by atoms with Crippen molar-refractivity contribution in [1.82, 2.24) is 0 Å². The number of halogens is 1. The molecule has 0 aromatic heterocycles. The van der Waals surface area contributed by atoms with E-state index in [1.807, 2.05) is 36.4 Å². The predicted molar refractivity (Wildman–Crippen MR) is 82.5 cm³/mol. The molecule has 2 aromatic rings. The molecular weight excluding hydrogens is 320 g/mol. The molecule has 20 heavy (non-hydrogen) atoms. The first-order chi connectivity index (χ1) is 9.54. The Bertz CT molecular complexity index is 612. The molecule has 4 nitrogen and oxygen atoms in total. The third-order valence-electron chi connectivity index (χ3n) is 2.84. The number of aromatic hydroxyl groups is 1. The minimum Gasteiger partial charge on any atom is -0.507 e. The number of nitrogens with one attached hydrogen (secondary N) is 1. The van der Waals surface area contributed by atoms with Crippen molar-refractivity contribution >= 4 is 27.5 Å². The van der Waals surface area contributed by atoms with E-state index in [4.69, 9.17) is 5.73 Å². The summed E-state index contributed by atoms with van der Waals surface area (Å²) in [6, 6.07) is 12.9. The molecule has 2 rings (SSSR count). The molecule has 0 saturated heterocycles. The lowest BCUT2D eigenvalue weighted by atomic mass is 10.1. The Kier molecular flexibility index (Phi) is 4.63. The monoisotopic (exact) mass is 334 g/mol. The van der Waals surface area contributed by atoms with Gasteiger partial charge in [0.2, 0.25) is 5.91 Å². The van der Waals surface area contributed by atoms with Crippen molar-refractivity contribution < 1.29 is 9.90 Å². The third kappa shape index (κ3) is 3.99. The molecule has 104 valence electrons. The van der Waals surface area contributed by atoms with Crippen LogP contribution in [0.3, 0.4) is 0 Å². The fourth-order valence-electron chi connectivity index (χ4n) is 1.81. The molecule has 0 heterocycles. The standard InChI is InChI=1S/C15H15BrN2O2/c16-13-7-11(3-6-14(13)19)9-18-12-4-1-10(2-5-12)8-15(17)20/h1-7,18-19H,8-9H2,(H2,17,20). The fourth-order valence-corrected chi connectivity index (χ4v) is 2.23. The van der Waals surface area contributed by atoms with Crippen molar-refractivity contribution in [2.75, 3.05) is 5.32 Å². The maximum atomic E-state index is 10.8. The van der Waals surface area contributed by atoms with E-state index in [-0.39, 0.29) is 18.1 Å². The number of benzene rings is 2. The van der Waals surface area contributed by atoms with Gasteiger partial charge in [-0.3, -0.25) is 4.79 Å². The fraction of sp³-hybridized carbons (Fsp3) is 0.133. The molecule has 0 atom stereocenters. The summed E-state index contributed by atoms with van der Waals surface area (Å²) in [5.74, 6) is -0.107. The van der Waals surface area contributed by atoms with E-state index < -0.39 is 0 Å². The van der Waals surface area contributed by atoms with Crippen molar-refractivity contribution in [1.29, 1.82) is 0 Å². The number of phenols is 1. The van der Waals surface area contributed by atoms with Gasteiger partial charge in [-0.2, -0.15) is 0 Å². The van der Waals surface area contributed by atoms with Gasteiger partial charge in [-0.25, -0.2) is 0 Å². The van der Waals surface area contributed by atoms with Crippen LogP contribution >= 0.6 is 15.9 Å². The number of phenolic OH excluding ortho intramolecular Hbond substituents is 1.